The minimum Gasteiger partial charge on any atom is -0.497 e. The average Bonchev–Trinajstić information content (AvgIpc) is 3.01. The van der Waals surface area contributed by atoms with Gasteiger partial charge in [0.05, 0.1) is 25.1 Å². The molecule has 0 fully saturated rings. The zero-order valence-electron chi connectivity index (χ0n) is 13.3. The second kappa shape index (κ2) is 6.24. The second-order valence-electron chi connectivity index (χ2n) is 5.58. The van der Waals surface area contributed by atoms with Gasteiger partial charge in [-0.05, 0) is 47.5 Å². The van der Waals surface area contributed by atoms with E-state index in [2.05, 4.69) is 5.10 Å². The number of hydrogen-bond acceptors (Lipinski definition) is 4. The lowest BCUT2D eigenvalue weighted by atomic mass is 9.99. The summed E-state index contributed by atoms with van der Waals surface area (Å²) in [5, 5.41) is 4.29. The van der Waals surface area contributed by atoms with E-state index in [1.54, 1.807) is 31.4 Å². The van der Waals surface area contributed by atoms with Crippen molar-refractivity contribution in [1.82, 2.24) is 4.41 Å². The van der Waals surface area contributed by atoms with Crippen LogP contribution in [-0.2, 0) is 10.0 Å². The van der Waals surface area contributed by atoms with Gasteiger partial charge in [0.15, 0.2) is 0 Å². The molecule has 126 valence electrons. The Balaban J connectivity index is 1.96. The normalized spacial score (nSPS) is 17.7. The lowest BCUT2D eigenvalue weighted by molar-refractivity contribution is 0.374. The highest BCUT2D eigenvalue weighted by Gasteiger charge is 2.34. The number of hydrazone groups is 1. The highest BCUT2D eigenvalue weighted by atomic mass is 32.2. The van der Waals surface area contributed by atoms with Crippen molar-refractivity contribution in [2.45, 2.75) is 12.5 Å². The summed E-state index contributed by atoms with van der Waals surface area (Å²) in [7, 11) is -1.95. The molecule has 24 heavy (non-hydrogen) atoms. The lowest BCUT2D eigenvalue weighted by Gasteiger charge is -2.21. The fourth-order valence-corrected chi connectivity index (χ4v) is 3.59. The molecule has 0 N–H and O–H groups in total. The largest absolute Gasteiger partial charge is 0.497 e. The number of halogens is 1. The summed E-state index contributed by atoms with van der Waals surface area (Å²) in [6.07, 6.45) is 1.54. The van der Waals surface area contributed by atoms with E-state index in [0.29, 0.717) is 23.4 Å². The van der Waals surface area contributed by atoms with E-state index in [-0.39, 0.29) is 5.82 Å². The van der Waals surface area contributed by atoms with E-state index in [1.165, 1.54) is 12.1 Å². The Bertz CT molecular complexity index is 862. The molecule has 1 aliphatic rings. The van der Waals surface area contributed by atoms with Gasteiger partial charge in [0.2, 0.25) is 10.0 Å². The van der Waals surface area contributed by atoms with Crippen molar-refractivity contribution in [3.05, 3.63) is 65.5 Å². The average molecular weight is 348 g/mol. The number of nitrogens with zero attached hydrogens (tertiary/aromatic N) is 2. The molecule has 1 aliphatic heterocycles. The SMILES string of the molecule is COc1ccc(C2=NN(S(C)(=O)=O)C(c3ccc(F)cc3)C2)cc1. The molecular weight excluding hydrogens is 331 g/mol. The van der Waals surface area contributed by atoms with Crippen LogP contribution in [0.3, 0.4) is 0 Å². The molecule has 0 saturated heterocycles. The van der Waals surface area contributed by atoms with Crippen molar-refractivity contribution < 1.29 is 17.5 Å². The highest BCUT2D eigenvalue weighted by molar-refractivity contribution is 7.88. The summed E-state index contributed by atoms with van der Waals surface area (Å²) in [5.74, 6) is 0.353. The van der Waals surface area contributed by atoms with Gasteiger partial charge in [0.1, 0.15) is 11.6 Å². The fraction of sp³-hybridized carbons (Fsp3) is 0.235. The fourth-order valence-electron chi connectivity index (χ4n) is 2.69. The predicted molar refractivity (Wildman–Crippen MR) is 90.0 cm³/mol. The first-order valence-electron chi connectivity index (χ1n) is 7.35. The summed E-state index contributed by atoms with van der Waals surface area (Å²) in [4.78, 5) is 0. The molecule has 1 heterocycles. The van der Waals surface area contributed by atoms with Gasteiger partial charge < -0.3 is 4.74 Å². The van der Waals surface area contributed by atoms with E-state index < -0.39 is 16.1 Å². The molecule has 2 aromatic carbocycles. The van der Waals surface area contributed by atoms with Crippen LogP contribution >= 0.6 is 0 Å². The maximum atomic E-state index is 13.1. The summed E-state index contributed by atoms with van der Waals surface area (Å²) < 4.78 is 43.5. The third kappa shape index (κ3) is 3.26. The molecule has 0 spiro atoms. The van der Waals surface area contributed by atoms with Crippen LogP contribution in [0.25, 0.3) is 0 Å². The Labute approximate surface area is 140 Å². The van der Waals surface area contributed by atoms with Gasteiger partial charge in [-0.1, -0.05) is 12.1 Å². The number of methoxy groups -OCH3 is 1. The molecule has 0 bridgehead atoms. The van der Waals surface area contributed by atoms with Crippen LogP contribution in [-0.4, -0.2) is 31.9 Å². The van der Waals surface area contributed by atoms with E-state index >= 15 is 0 Å². The van der Waals surface area contributed by atoms with Crippen molar-refractivity contribution >= 4 is 15.7 Å². The van der Waals surface area contributed by atoms with E-state index in [4.69, 9.17) is 4.74 Å². The van der Waals surface area contributed by atoms with Crippen LogP contribution in [0.4, 0.5) is 4.39 Å². The van der Waals surface area contributed by atoms with E-state index in [0.717, 1.165) is 16.2 Å². The van der Waals surface area contributed by atoms with Crippen molar-refractivity contribution in [3.8, 4) is 5.75 Å². The van der Waals surface area contributed by atoms with Crippen molar-refractivity contribution in [2.24, 2.45) is 5.10 Å². The third-order valence-electron chi connectivity index (χ3n) is 3.89. The summed E-state index contributed by atoms with van der Waals surface area (Å²) >= 11 is 0. The molecule has 7 heteroatoms. The number of ether oxygens (including phenoxy) is 1. The van der Waals surface area contributed by atoms with Crippen LogP contribution in [0.1, 0.15) is 23.6 Å². The monoisotopic (exact) mass is 348 g/mol. The van der Waals surface area contributed by atoms with Crippen molar-refractivity contribution in [3.63, 3.8) is 0 Å². The minimum atomic E-state index is -3.54. The maximum Gasteiger partial charge on any atom is 0.247 e. The maximum absolute atomic E-state index is 13.1. The highest BCUT2D eigenvalue weighted by Crippen LogP contribution is 2.34. The Morgan fingerprint density at radius 3 is 2.29 bits per heavy atom. The number of hydrogen-bond donors (Lipinski definition) is 0. The topological polar surface area (TPSA) is 59.0 Å². The zero-order chi connectivity index (χ0) is 17.3. The number of rotatable bonds is 4. The van der Waals surface area contributed by atoms with Gasteiger partial charge in [0.25, 0.3) is 0 Å². The van der Waals surface area contributed by atoms with Crippen LogP contribution in [0, 0.1) is 5.82 Å². The number of sulfonamides is 1. The smallest absolute Gasteiger partial charge is 0.247 e. The van der Waals surface area contributed by atoms with E-state index in [1.807, 2.05) is 12.1 Å². The Morgan fingerprint density at radius 1 is 1.12 bits per heavy atom. The minimum absolute atomic E-state index is 0.362. The summed E-state index contributed by atoms with van der Waals surface area (Å²) in [6, 6.07) is 12.6. The van der Waals surface area contributed by atoms with Gasteiger partial charge in [0, 0.05) is 6.42 Å². The van der Waals surface area contributed by atoms with Gasteiger partial charge in [-0.2, -0.15) is 9.52 Å². The van der Waals surface area contributed by atoms with Crippen LogP contribution < -0.4 is 4.74 Å². The van der Waals surface area contributed by atoms with Gasteiger partial charge >= 0.3 is 0 Å². The molecule has 1 unspecified atom stereocenters. The quantitative estimate of drug-likeness (QED) is 0.853. The van der Waals surface area contributed by atoms with Gasteiger partial charge in [-0.25, -0.2) is 12.8 Å². The first-order valence-corrected chi connectivity index (χ1v) is 9.20. The van der Waals surface area contributed by atoms with Crippen molar-refractivity contribution in [1.29, 1.82) is 0 Å². The lowest BCUT2D eigenvalue weighted by Crippen LogP contribution is -2.25. The van der Waals surface area contributed by atoms with Gasteiger partial charge in [-0.3, -0.25) is 0 Å². The van der Waals surface area contributed by atoms with E-state index in [9.17, 15) is 12.8 Å². The van der Waals surface area contributed by atoms with Gasteiger partial charge in [-0.15, -0.1) is 0 Å². The Kier molecular flexibility index (Phi) is 4.28. The molecule has 2 aromatic rings. The molecule has 5 nitrogen and oxygen atoms in total. The standard InChI is InChI=1S/C17H17FN2O3S/c1-23-15-9-5-12(6-10-15)16-11-17(20(19-16)24(2,21)22)13-3-7-14(18)8-4-13/h3-10,17H,11H2,1-2H3. The third-order valence-corrected chi connectivity index (χ3v) is 4.91. The molecule has 0 amide bonds. The molecule has 1 atom stereocenters. The van der Waals surface area contributed by atoms with Crippen molar-refractivity contribution in [2.75, 3.05) is 13.4 Å². The summed E-state index contributed by atoms with van der Waals surface area (Å²) in [6.45, 7) is 0. The Hall–Kier alpha value is -2.41. The Morgan fingerprint density at radius 2 is 1.75 bits per heavy atom. The molecular formula is C17H17FN2O3S. The van der Waals surface area contributed by atoms with Crippen LogP contribution in [0.2, 0.25) is 0 Å². The molecule has 3 rings (SSSR count). The van der Waals surface area contributed by atoms with Crippen LogP contribution in [0.15, 0.2) is 53.6 Å². The second-order valence-corrected chi connectivity index (χ2v) is 7.42. The first-order chi connectivity index (χ1) is 11.4. The molecule has 0 radical (unpaired) electrons. The predicted octanol–water partition coefficient (Wildman–Crippen LogP) is 2.95. The molecule has 0 aromatic heterocycles. The zero-order valence-corrected chi connectivity index (χ0v) is 14.1. The first kappa shape index (κ1) is 16.4. The van der Waals surface area contributed by atoms with Crippen LogP contribution in [0.5, 0.6) is 5.75 Å². The number of benzene rings is 2. The molecule has 0 aliphatic carbocycles. The molecule has 0 saturated carbocycles. The summed E-state index contributed by atoms with van der Waals surface area (Å²) in [5.41, 5.74) is 2.19.